The Kier molecular flexibility index (Phi) is 33.5. The van der Waals surface area contributed by atoms with Gasteiger partial charge in [0.25, 0.3) is 0 Å². The van der Waals surface area contributed by atoms with Crippen molar-refractivity contribution in [2.75, 3.05) is 19.0 Å². The maximum atomic E-state index is 13.7. The molecule has 0 unspecified atom stereocenters. The maximum Gasteiger partial charge on any atom is 0.117 e. The molecule has 0 saturated heterocycles. The smallest absolute Gasteiger partial charge is 0.117 e. The molecule has 0 N–H and O–H groups in total. The van der Waals surface area contributed by atoms with Crippen LogP contribution in [0.15, 0.2) is 171 Å². The van der Waals surface area contributed by atoms with Crippen LogP contribution in [0.4, 0.5) is 23.2 Å². The van der Waals surface area contributed by atoms with Crippen molar-refractivity contribution in [3.8, 4) is 86.6 Å². The average Bonchev–Trinajstić information content (AvgIpc) is 3.58. The number of hydrogen-bond acceptors (Lipinski definition) is 11. The number of aromatic nitrogens is 5. The molecular weight excluding hydrogens is 1960 g/mol. The molecule has 0 fully saturated rings. The van der Waals surface area contributed by atoms with Gasteiger partial charge in [0.05, 0.1) is 47.8 Å². The van der Waals surface area contributed by atoms with E-state index >= 15 is 0 Å². The summed E-state index contributed by atoms with van der Waals surface area (Å²) < 4.78 is 53.3. The average molecular weight is 2000 g/mol. The normalized spacial score (nSPS) is 9.13. The van der Waals surface area contributed by atoms with Crippen molar-refractivity contribution in [2.24, 2.45) is 0 Å². The molecule has 5 aromatic carbocycles. The molecule has 0 aliphatic carbocycles. The quantitative estimate of drug-likeness (QED) is 0.114. The minimum atomic E-state index is -1.09. The van der Waals surface area contributed by atoms with Crippen LogP contribution in [0.2, 0.25) is 0 Å². The first kappa shape index (κ1) is 74.1. The van der Waals surface area contributed by atoms with Crippen LogP contribution in [0, 0.1) is 124 Å². The zero-order valence-electron chi connectivity index (χ0n) is 44.3. The Labute approximate surface area is 552 Å². The Morgan fingerprint density at radius 1 is 0.440 bits per heavy atom. The topological polar surface area (TPSA) is 187 Å². The Bertz CT molecular complexity index is 3830. The third-order valence-corrected chi connectivity index (χ3v) is 10.9. The van der Waals surface area contributed by atoms with Crippen molar-refractivity contribution in [3.63, 3.8) is 0 Å². The summed E-state index contributed by atoms with van der Waals surface area (Å²) in [4.78, 5) is 22.4. The summed E-state index contributed by atoms with van der Waals surface area (Å²) in [5, 5.41) is 44.1. The fraction of sp³-hybridized carbons (Fsp3) is 0.0625. The minimum Gasteiger partial charge on any atom is -0.415 e. The van der Waals surface area contributed by atoms with E-state index in [1.165, 1.54) is 18.2 Å². The fourth-order valence-corrected chi connectivity index (χ4v) is 7.12. The van der Waals surface area contributed by atoms with Gasteiger partial charge in [-0.15, -0.1) is 113 Å². The number of hydrogen-bond donors (Lipinski definition) is 0. The summed E-state index contributed by atoms with van der Waals surface area (Å²) in [6, 6.07) is 63.0. The van der Waals surface area contributed by atoms with Crippen molar-refractivity contribution < 1.29 is 118 Å². The van der Waals surface area contributed by atoms with Gasteiger partial charge in [0.2, 0.25) is 0 Å². The van der Waals surface area contributed by atoms with E-state index in [4.69, 9.17) is 26.3 Å². The van der Waals surface area contributed by atoms with E-state index in [1.54, 1.807) is 67.3 Å². The van der Waals surface area contributed by atoms with Gasteiger partial charge in [-0.25, -0.2) is 4.39 Å². The molecule has 10 aromatic rings. The summed E-state index contributed by atoms with van der Waals surface area (Å²) in [5.74, 6) is -3.28. The first-order valence-corrected chi connectivity index (χ1v) is 23.5. The van der Waals surface area contributed by atoms with Crippen LogP contribution < -0.4 is 4.90 Å². The maximum absolute atomic E-state index is 13.7. The van der Waals surface area contributed by atoms with Gasteiger partial charge in [0.1, 0.15) is 5.82 Å². The van der Waals surface area contributed by atoms with Crippen LogP contribution in [-0.4, -0.2) is 39.0 Å². The van der Waals surface area contributed by atoms with Gasteiger partial charge in [0.15, 0.2) is 0 Å². The largest absolute Gasteiger partial charge is 0.415 e. The van der Waals surface area contributed by atoms with Gasteiger partial charge in [-0.2, -0.15) is 26.3 Å². The van der Waals surface area contributed by atoms with Gasteiger partial charge < -0.3 is 29.8 Å². The van der Waals surface area contributed by atoms with Crippen LogP contribution in [0.5, 0.6) is 0 Å². The third-order valence-electron chi connectivity index (χ3n) is 10.9. The van der Waals surface area contributed by atoms with Crippen molar-refractivity contribution in [1.82, 2.24) is 24.9 Å². The van der Waals surface area contributed by atoms with Crippen molar-refractivity contribution >= 4 is 5.69 Å². The molecule has 0 spiro atoms. The van der Waals surface area contributed by atoms with Crippen molar-refractivity contribution in [2.45, 2.75) is 13.8 Å². The van der Waals surface area contributed by atoms with Gasteiger partial charge in [-0.3, -0.25) is 13.2 Å². The molecule has 0 aliphatic heterocycles. The zero-order chi connectivity index (χ0) is 56.7. The van der Waals surface area contributed by atoms with Crippen LogP contribution >= 0.6 is 0 Å². The number of halogens is 4. The van der Waals surface area contributed by atoms with Gasteiger partial charge in [-0.05, 0) is 101 Å². The van der Waals surface area contributed by atoms with Crippen molar-refractivity contribution in [3.05, 3.63) is 263 Å². The molecule has 0 bridgehead atoms. The molecule has 0 saturated carbocycles. The number of rotatable bonds is 6. The number of aryl methyl sites for hydroxylation is 1. The molecule has 5 radical (unpaired) electrons. The van der Waals surface area contributed by atoms with E-state index < -0.39 is 28.8 Å². The second-order valence-electron chi connectivity index (χ2n) is 16.5. The van der Waals surface area contributed by atoms with Crippen LogP contribution in [0.1, 0.15) is 38.9 Å². The van der Waals surface area contributed by atoms with E-state index in [2.05, 4.69) is 73.5 Å². The standard InChI is InChI=1S/C14H12N3.2C13H9N2.C12H4F3N2.C12H6FN2.5Ir/c1-17(2)14-7-6-11(9-12(14)10-15)13-5-3-4-8-16-13;1-10-11(9-14)5-4-6-12(10)13-7-2-3-8-15-13;1-10-6-11(9-14)8-12(7-10)13-4-2-3-5-15-13;13-7-3-4-17-11(5-7)8-1-2-10(14)9(6-16)12(8)15;13-12-9(8-14)4-3-5-10(12)11-6-1-2-7-15-11;;;;;/h3-5,7-9H,1-2H3;2-5,7-8H,1H3;2-6,8H,1H3;2-5H;1-4,6-7H;;;;;/q5*-1;;;;;. The number of nitriles is 5. The van der Waals surface area contributed by atoms with Gasteiger partial charge in [0, 0.05) is 143 Å². The molecule has 0 amide bonds. The van der Waals surface area contributed by atoms with Gasteiger partial charge in [-0.1, -0.05) is 73.5 Å². The van der Waals surface area contributed by atoms with E-state index in [0.717, 1.165) is 75.0 Å². The predicted octanol–water partition coefficient (Wildman–Crippen LogP) is 13.3. The third kappa shape index (κ3) is 20.7. The number of pyridine rings is 5. The molecule has 10 rings (SSSR count). The number of nitrogens with zero attached hydrogens (tertiary/aromatic N) is 11. The molecule has 5 aromatic heterocycles. The summed E-state index contributed by atoms with van der Waals surface area (Å²) >= 11 is 0. The molecular formula is C64H40F4Ir5N11-5. The second kappa shape index (κ2) is 38.0. The SMILES string of the molecule is CN(C)c1c[c-]c(-c2ccccn2)cc1C#N.Cc1[c-]c(-c2ccccn2)cc(C#N)c1.Cc1c(-c2ccccn2)[c-]ccc1C#N.N#Cc1c(F)c[c-]c(-c2cc(F)ccn2)c1F.N#Cc1cc[c-]c(-c2ccccn2)c1F.[Ir].[Ir].[Ir].[Ir].[Ir]. The number of benzene rings is 5. The van der Waals surface area contributed by atoms with Gasteiger partial charge >= 0.3 is 0 Å². The Morgan fingerprint density at radius 2 is 0.940 bits per heavy atom. The molecule has 11 nitrogen and oxygen atoms in total. The Morgan fingerprint density at radius 3 is 1.44 bits per heavy atom. The molecule has 0 atom stereocenters. The second-order valence-corrected chi connectivity index (χ2v) is 16.5. The minimum absolute atomic E-state index is 0. The molecule has 429 valence electrons. The monoisotopic (exact) mass is 2000 g/mol. The molecule has 84 heavy (non-hydrogen) atoms. The van der Waals surface area contributed by atoms with Crippen LogP contribution in [0.3, 0.4) is 0 Å². The van der Waals surface area contributed by atoms with E-state index in [0.29, 0.717) is 22.4 Å². The van der Waals surface area contributed by atoms with Crippen LogP contribution in [-0.2, 0) is 101 Å². The van der Waals surface area contributed by atoms with E-state index in [-0.39, 0.29) is 123 Å². The molecule has 0 aliphatic rings. The first-order chi connectivity index (χ1) is 38.3. The number of anilines is 1. The van der Waals surface area contributed by atoms with E-state index in [9.17, 15) is 17.6 Å². The molecule has 20 heteroatoms. The molecule has 5 heterocycles. The predicted molar refractivity (Wildman–Crippen MR) is 290 cm³/mol. The summed E-state index contributed by atoms with van der Waals surface area (Å²) in [6.45, 7) is 3.84. The summed E-state index contributed by atoms with van der Waals surface area (Å²) in [7, 11) is 3.81. The first-order valence-electron chi connectivity index (χ1n) is 23.5. The van der Waals surface area contributed by atoms with E-state index in [1.807, 2.05) is 106 Å². The Balaban J connectivity index is 0.000000518. The summed E-state index contributed by atoms with van der Waals surface area (Å²) in [6.07, 6.45) is 7.92. The fourth-order valence-electron chi connectivity index (χ4n) is 7.12. The Hall–Kier alpha value is -7.93. The van der Waals surface area contributed by atoms with Crippen LogP contribution in [0.25, 0.3) is 56.3 Å². The zero-order valence-corrected chi connectivity index (χ0v) is 56.2. The van der Waals surface area contributed by atoms with Crippen molar-refractivity contribution in [1.29, 1.82) is 26.3 Å². The summed E-state index contributed by atoms with van der Waals surface area (Å²) in [5.41, 5.74) is 9.55.